The number of nitrogens with one attached hydrogen (secondary N) is 1. The van der Waals surface area contributed by atoms with E-state index in [0.29, 0.717) is 18.8 Å². The molecule has 2 heterocycles. The number of methoxy groups -OCH3 is 1. The highest BCUT2D eigenvalue weighted by Crippen LogP contribution is 2.33. The third kappa shape index (κ3) is 2.87. The molecule has 0 spiro atoms. The van der Waals surface area contributed by atoms with Gasteiger partial charge in [-0.25, -0.2) is 9.97 Å². The highest BCUT2D eigenvalue weighted by Gasteiger charge is 2.21. The molecule has 6 heteroatoms. The molecule has 1 saturated heterocycles. The number of rotatable bonds is 4. The normalized spacial score (nSPS) is 14.1. The van der Waals surface area contributed by atoms with E-state index in [9.17, 15) is 4.79 Å². The lowest BCUT2D eigenvalue weighted by Gasteiger charge is -2.18. The van der Waals surface area contributed by atoms with Crippen LogP contribution in [0, 0.1) is 0 Å². The molecule has 6 nitrogen and oxygen atoms in total. The smallest absolute Gasteiger partial charge is 0.241 e. The van der Waals surface area contributed by atoms with Gasteiger partial charge >= 0.3 is 0 Å². The second-order valence-corrected chi connectivity index (χ2v) is 5.92. The fourth-order valence-electron chi connectivity index (χ4n) is 3.09. The number of anilines is 1. The van der Waals surface area contributed by atoms with E-state index < -0.39 is 0 Å². The molecule has 0 radical (unpaired) electrons. The summed E-state index contributed by atoms with van der Waals surface area (Å²) >= 11 is 0. The summed E-state index contributed by atoms with van der Waals surface area (Å²) in [6, 6.07) is 13.9. The van der Waals surface area contributed by atoms with E-state index in [0.717, 1.165) is 34.2 Å². The minimum atomic E-state index is 0.0904. The molecular formula is C19H18N4O2. The molecule has 0 unspecified atom stereocenters. The van der Waals surface area contributed by atoms with Gasteiger partial charge in [0.05, 0.1) is 12.6 Å². The maximum absolute atomic E-state index is 11.9. The fraction of sp³-hybridized carbons (Fsp3) is 0.211. The van der Waals surface area contributed by atoms with Crippen LogP contribution < -0.4 is 10.2 Å². The van der Waals surface area contributed by atoms with Gasteiger partial charge in [0.2, 0.25) is 5.91 Å². The zero-order valence-corrected chi connectivity index (χ0v) is 13.9. The lowest BCUT2D eigenvalue weighted by atomic mass is 10.0. The molecule has 0 atom stereocenters. The van der Waals surface area contributed by atoms with Gasteiger partial charge < -0.3 is 4.74 Å². The van der Waals surface area contributed by atoms with Crippen LogP contribution >= 0.6 is 0 Å². The van der Waals surface area contributed by atoms with Gasteiger partial charge in [0, 0.05) is 23.9 Å². The average Bonchev–Trinajstić information content (AvgIpc) is 3.06. The van der Waals surface area contributed by atoms with E-state index in [1.54, 1.807) is 12.1 Å². The molecule has 25 heavy (non-hydrogen) atoms. The number of hydrazine groups is 1. The van der Waals surface area contributed by atoms with Crippen LogP contribution in [-0.2, 0) is 4.79 Å². The summed E-state index contributed by atoms with van der Waals surface area (Å²) in [5.74, 6) is 1.53. The van der Waals surface area contributed by atoms with E-state index in [1.165, 1.54) is 6.33 Å². The molecule has 1 aliphatic rings. The minimum Gasteiger partial charge on any atom is -0.496 e. The predicted molar refractivity (Wildman–Crippen MR) is 96.1 cm³/mol. The van der Waals surface area contributed by atoms with Crippen LogP contribution in [-0.4, -0.2) is 34.5 Å². The topological polar surface area (TPSA) is 67.4 Å². The summed E-state index contributed by atoms with van der Waals surface area (Å²) < 4.78 is 5.46. The van der Waals surface area contributed by atoms with Crippen LogP contribution in [0.2, 0.25) is 0 Å². The Morgan fingerprint density at radius 2 is 2.04 bits per heavy atom. The number of fused-ring (bicyclic) bond motifs is 1. The molecular weight excluding hydrogens is 316 g/mol. The van der Waals surface area contributed by atoms with E-state index >= 15 is 0 Å². The van der Waals surface area contributed by atoms with Crippen molar-refractivity contribution in [3.63, 3.8) is 0 Å². The average molecular weight is 334 g/mol. The summed E-state index contributed by atoms with van der Waals surface area (Å²) in [7, 11) is 1.66. The van der Waals surface area contributed by atoms with E-state index in [-0.39, 0.29) is 5.91 Å². The zero-order chi connectivity index (χ0) is 17.2. The number of hydrogen-bond acceptors (Lipinski definition) is 5. The first-order valence-corrected chi connectivity index (χ1v) is 8.21. The van der Waals surface area contributed by atoms with Gasteiger partial charge in [-0.2, -0.15) is 0 Å². The molecule has 1 amide bonds. The molecule has 2 aromatic carbocycles. The summed E-state index contributed by atoms with van der Waals surface area (Å²) in [6.07, 6.45) is 2.94. The largest absolute Gasteiger partial charge is 0.496 e. The lowest BCUT2D eigenvalue weighted by molar-refractivity contribution is -0.126. The Bertz CT molecular complexity index is 942. The number of benzene rings is 2. The molecule has 126 valence electrons. The molecule has 4 rings (SSSR count). The molecule has 0 saturated carbocycles. The number of carbonyl (C=O) groups excluding carboxylic acids is 1. The van der Waals surface area contributed by atoms with Crippen molar-refractivity contribution in [1.29, 1.82) is 0 Å². The first-order valence-electron chi connectivity index (χ1n) is 8.21. The molecule has 3 aromatic rings. The highest BCUT2D eigenvalue weighted by molar-refractivity contribution is 5.93. The number of para-hydroxylation sites is 1. The standard InChI is InChI=1S/C19H18N4O2/c1-25-17-6-3-2-5-14(17)13-8-9-16-15(11-13)19(21-12-20-16)22-23-10-4-7-18(23)24/h2-3,5-6,8-9,11-12H,4,7,10H2,1H3,(H,20,21,22). The molecule has 1 aliphatic heterocycles. The van der Waals surface area contributed by atoms with Crippen molar-refractivity contribution >= 4 is 22.6 Å². The zero-order valence-electron chi connectivity index (χ0n) is 13.9. The van der Waals surface area contributed by atoms with Crippen LogP contribution in [0.1, 0.15) is 12.8 Å². The van der Waals surface area contributed by atoms with Gasteiger partial charge in [0.15, 0.2) is 5.82 Å². The molecule has 1 fully saturated rings. The van der Waals surface area contributed by atoms with Gasteiger partial charge in [-0.15, -0.1) is 0 Å². The van der Waals surface area contributed by atoms with Gasteiger partial charge in [0.1, 0.15) is 12.1 Å². The monoisotopic (exact) mass is 334 g/mol. The SMILES string of the molecule is COc1ccccc1-c1ccc2ncnc(NN3CCCC3=O)c2c1. The molecule has 0 bridgehead atoms. The maximum Gasteiger partial charge on any atom is 0.241 e. The Hall–Kier alpha value is -3.15. The Morgan fingerprint density at radius 1 is 1.16 bits per heavy atom. The van der Waals surface area contributed by atoms with Gasteiger partial charge in [0.25, 0.3) is 0 Å². The summed E-state index contributed by atoms with van der Waals surface area (Å²) in [4.78, 5) is 20.6. The number of aromatic nitrogens is 2. The van der Waals surface area contributed by atoms with Crippen molar-refractivity contribution in [2.24, 2.45) is 0 Å². The van der Waals surface area contributed by atoms with Crippen molar-refractivity contribution in [2.75, 3.05) is 19.1 Å². The van der Waals surface area contributed by atoms with Gasteiger partial charge in [-0.1, -0.05) is 24.3 Å². The van der Waals surface area contributed by atoms with E-state index in [4.69, 9.17) is 4.74 Å². The Kier molecular flexibility index (Phi) is 3.93. The van der Waals surface area contributed by atoms with Crippen LogP contribution in [0.15, 0.2) is 48.8 Å². The Balaban J connectivity index is 1.79. The summed E-state index contributed by atoms with van der Waals surface area (Å²) in [5, 5.41) is 2.49. The first kappa shape index (κ1) is 15.4. The number of ether oxygens (including phenoxy) is 1. The number of carbonyl (C=O) groups is 1. The number of amides is 1. The third-order valence-electron chi connectivity index (χ3n) is 4.37. The second-order valence-electron chi connectivity index (χ2n) is 5.92. The first-order chi connectivity index (χ1) is 12.3. The van der Waals surface area contributed by atoms with E-state index in [2.05, 4.69) is 15.4 Å². The van der Waals surface area contributed by atoms with Crippen LogP contribution in [0.25, 0.3) is 22.0 Å². The molecule has 0 aliphatic carbocycles. The lowest BCUT2D eigenvalue weighted by Crippen LogP contribution is -2.31. The predicted octanol–water partition coefficient (Wildman–Crippen LogP) is 3.25. The summed E-state index contributed by atoms with van der Waals surface area (Å²) in [5.41, 5.74) is 5.97. The van der Waals surface area contributed by atoms with Gasteiger partial charge in [-0.05, 0) is 30.2 Å². The van der Waals surface area contributed by atoms with E-state index in [1.807, 2.05) is 42.5 Å². The van der Waals surface area contributed by atoms with Crippen molar-refractivity contribution in [3.05, 3.63) is 48.8 Å². The van der Waals surface area contributed by atoms with Crippen molar-refractivity contribution in [3.8, 4) is 16.9 Å². The van der Waals surface area contributed by atoms with Crippen LogP contribution in [0.4, 0.5) is 5.82 Å². The van der Waals surface area contributed by atoms with Crippen LogP contribution in [0.3, 0.4) is 0 Å². The molecule has 1 N–H and O–H groups in total. The van der Waals surface area contributed by atoms with Gasteiger partial charge in [-0.3, -0.25) is 15.2 Å². The van der Waals surface area contributed by atoms with Crippen LogP contribution in [0.5, 0.6) is 5.75 Å². The van der Waals surface area contributed by atoms with Crippen molar-refractivity contribution in [1.82, 2.24) is 15.0 Å². The quantitative estimate of drug-likeness (QED) is 0.793. The minimum absolute atomic E-state index is 0.0904. The molecule has 1 aromatic heterocycles. The Morgan fingerprint density at radius 3 is 2.84 bits per heavy atom. The fourth-order valence-corrected chi connectivity index (χ4v) is 3.09. The Labute approximate surface area is 145 Å². The number of hydrogen-bond donors (Lipinski definition) is 1. The van der Waals surface area contributed by atoms with Crippen molar-refractivity contribution < 1.29 is 9.53 Å². The second kappa shape index (κ2) is 6.39. The van der Waals surface area contributed by atoms with Crippen molar-refractivity contribution in [2.45, 2.75) is 12.8 Å². The maximum atomic E-state index is 11.9. The number of nitrogens with zero attached hydrogens (tertiary/aromatic N) is 3. The third-order valence-corrected chi connectivity index (χ3v) is 4.37. The highest BCUT2D eigenvalue weighted by atomic mass is 16.5. The summed E-state index contributed by atoms with van der Waals surface area (Å²) in [6.45, 7) is 0.691.